The summed E-state index contributed by atoms with van der Waals surface area (Å²) < 4.78 is 20.5. The van der Waals surface area contributed by atoms with Crippen LogP contribution < -0.4 is 5.32 Å². The predicted molar refractivity (Wildman–Crippen MR) is 92.1 cm³/mol. The van der Waals surface area contributed by atoms with Gasteiger partial charge in [0.1, 0.15) is 36.0 Å². The molecule has 3 heterocycles. The number of halogens is 1. The number of benzene rings is 1. The van der Waals surface area contributed by atoms with Crippen LogP contribution in [0.25, 0.3) is 11.2 Å². The smallest absolute Gasteiger partial charge is 0.207 e. The molecule has 4 atom stereocenters. The van der Waals surface area contributed by atoms with Crippen molar-refractivity contribution in [1.29, 1.82) is 0 Å². The summed E-state index contributed by atoms with van der Waals surface area (Å²) in [4.78, 5) is 12.5. The number of nitrogens with zero attached hydrogens (tertiary/aromatic N) is 4. The lowest BCUT2D eigenvalue weighted by molar-refractivity contribution is -0.0501. The summed E-state index contributed by atoms with van der Waals surface area (Å²) in [5.41, 5.74) is 1.54. The average Bonchev–Trinajstić information content (AvgIpc) is 3.17. The van der Waals surface area contributed by atoms with Crippen molar-refractivity contribution in [1.82, 2.24) is 19.5 Å². The Bertz CT molecular complexity index is 952. The number of aliphatic hydroxyl groups excluding tert-OH is 3. The van der Waals surface area contributed by atoms with Crippen molar-refractivity contribution < 1.29 is 24.4 Å². The van der Waals surface area contributed by atoms with Crippen molar-refractivity contribution in [3.05, 3.63) is 48.2 Å². The summed E-state index contributed by atoms with van der Waals surface area (Å²) in [6.45, 7) is -0.175. The number of imidazole rings is 1. The number of hydrogen-bond donors (Lipinski definition) is 4. The second-order valence-corrected chi connectivity index (χ2v) is 6.25. The number of rotatable bonds is 5. The molecule has 0 bridgehead atoms. The highest BCUT2D eigenvalue weighted by Gasteiger charge is 2.44. The lowest BCUT2D eigenvalue weighted by Gasteiger charge is -2.19. The van der Waals surface area contributed by atoms with E-state index in [2.05, 4.69) is 20.3 Å². The number of fused-ring (bicyclic) bond motifs is 1. The maximum absolute atomic E-state index is 13.4. The van der Waals surface area contributed by atoms with Crippen molar-refractivity contribution >= 4 is 17.1 Å². The average molecular weight is 375 g/mol. The molecule has 1 aliphatic heterocycles. The molecule has 2 aromatic heterocycles. The highest BCUT2D eigenvalue weighted by atomic mass is 19.1. The topological polar surface area (TPSA) is 126 Å². The molecule has 1 aliphatic rings. The molecule has 0 radical (unpaired) electrons. The van der Waals surface area contributed by atoms with Gasteiger partial charge in [-0.25, -0.2) is 19.3 Å². The van der Waals surface area contributed by atoms with E-state index >= 15 is 0 Å². The first kappa shape index (κ1) is 17.7. The maximum Gasteiger partial charge on any atom is 0.207 e. The molecule has 0 unspecified atom stereocenters. The first-order valence-corrected chi connectivity index (χ1v) is 8.37. The monoisotopic (exact) mass is 375 g/mol. The Kier molecular flexibility index (Phi) is 4.70. The van der Waals surface area contributed by atoms with Gasteiger partial charge < -0.3 is 25.4 Å². The number of ether oxygens (including phenoxy) is 1. The van der Waals surface area contributed by atoms with Crippen LogP contribution in [0.4, 0.5) is 10.3 Å². The van der Waals surface area contributed by atoms with Crippen LogP contribution in [-0.2, 0) is 11.3 Å². The zero-order valence-corrected chi connectivity index (χ0v) is 14.1. The van der Waals surface area contributed by atoms with E-state index in [9.17, 15) is 19.7 Å². The molecule has 3 aromatic rings. The van der Waals surface area contributed by atoms with E-state index in [0.717, 1.165) is 0 Å². The molecule has 0 spiro atoms. The molecule has 27 heavy (non-hydrogen) atoms. The number of hydrogen-bond acceptors (Lipinski definition) is 8. The van der Waals surface area contributed by atoms with Gasteiger partial charge in [0.05, 0.1) is 12.8 Å². The van der Waals surface area contributed by atoms with Crippen LogP contribution in [-0.4, -0.2) is 59.8 Å². The number of aliphatic hydroxyl groups is 3. The normalized spacial score (nSPS) is 25.2. The third-order valence-corrected chi connectivity index (χ3v) is 4.47. The van der Waals surface area contributed by atoms with Gasteiger partial charge in [-0.3, -0.25) is 4.57 Å². The van der Waals surface area contributed by atoms with Crippen LogP contribution in [0, 0.1) is 5.82 Å². The highest BCUT2D eigenvalue weighted by Crippen LogP contribution is 2.34. The van der Waals surface area contributed by atoms with Crippen molar-refractivity contribution in [2.45, 2.75) is 31.1 Å². The predicted octanol–water partition coefficient (Wildman–Crippen LogP) is 0.189. The molecule has 10 heteroatoms. The Hall–Kier alpha value is -2.66. The summed E-state index contributed by atoms with van der Waals surface area (Å²) in [6.07, 6.45) is -1.64. The fourth-order valence-electron chi connectivity index (χ4n) is 3.14. The minimum atomic E-state index is -1.29. The molecule has 142 valence electrons. The van der Waals surface area contributed by atoms with Gasteiger partial charge in [0.25, 0.3) is 0 Å². The fraction of sp³-hybridized carbons (Fsp3) is 0.353. The van der Waals surface area contributed by atoms with Crippen LogP contribution >= 0.6 is 0 Å². The van der Waals surface area contributed by atoms with Crippen LogP contribution in [0.1, 0.15) is 11.8 Å². The standard InChI is InChI=1S/C17H18FN5O4/c18-10-3-1-2-9(4-10)5-20-17-22-11-6-19-8-21-15(11)23(17)16-14(26)13(25)12(7-24)27-16/h1-4,6,8,12-14,16,24-26H,5,7H2,(H,20,22)/t12-,13-,14+,16-/m1/s1. The Morgan fingerprint density at radius 3 is 2.85 bits per heavy atom. The van der Waals surface area contributed by atoms with Crippen LogP contribution in [0.5, 0.6) is 0 Å². The molecule has 0 aliphatic carbocycles. The van der Waals surface area contributed by atoms with Gasteiger partial charge >= 0.3 is 0 Å². The minimum Gasteiger partial charge on any atom is -0.394 e. The van der Waals surface area contributed by atoms with E-state index in [1.54, 1.807) is 12.1 Å². The quantitative estimate of drug-likeness (QED) is 0.498. The molecule has 1 fully saturated rings. The molecule has 0 saturated carbocycles. The third-order valence-electron chi connectivity index (χ3n) is 4.47. The lowest BCUT2D eigenvalue weighted by atomic mass is 10.1. The van der Waals surface area contributed by atoms with E-state index < -0.39 is 31.1 Å². The van der Waals surface area contributed by atoms with Gasteiger partial charge in [0.2, 0.25) is 5.95 Å². The largest absolute Gasteiger partial charge is 0.394 e. The van der Waals surface area contributed by atoms with Gasteiger partial charge in [0.15, 0.2) is 11.9 Å². The van der Waals surface area contributed by atoms with Gasteiger partial charge in [-0.1, -0.05) is 12.1 Å². The Morgan fingerprint density at radius 1 is 1.26 bits per heavy atom. The SMILES string of the molecule is OC[C@H]1O[C@@H](n2c(NCc3cccc(F)c3)nc3cncnc32)[C@@H](O)[C@@H]1O. The van der Waals surface area contributed by atoms with Crippen LogP contribution in [0.15, 0.2) is 36.8 Å². The van der Waals surface area contributed by atoms with Crippen LogP contribution in [0.3, 0.4) is 0 Å². The van der Waals surface area contributed by atoms with E-state index in [4.69, 9.17) is 4.74 Å². The van der Waals surface area contributed by atoms with E-state index in [1.807, 2.05) is 0 Å². The van der Waals surface area contributed by atoms with Gasteiger partial charge in [-0.15, -0.1) is 0 Å². The van der Waals surface area contributed by atoms with Gasteiger partial charge in [0, 0.05) is 6.54 Å². The summed E-state index contributed by atoms with van der Waals surface area (Å²) in [7, 11) is 0. The molecular formula is C17H18FN5O4. The van der Waals surface area contributed by atoms with Crippen LogP contribution in [0.2, 0.25) is 0 Å². The zero-order chi connectivity index (χ0) is 19.0. The van der Waals surface area contributed by atoms with Crippen molar-refractivity contribution in [2.75, 3.05) is 11.9 Å². The fourth-order valence-corrected chi connectivity index (χ4v) is 3.14. The molecule has 1 saturated heterocycles. The molecule has 0 amide bonds. The third kappa shape index (κ3) is 3.23. The summed E-state index contributed by atoms with van der Waals surface area (Å²) in [6, 6.07) is 6.11. The second kappa shape index (κ2) is 7.16. The van der Waals surface area contributed by atoms with Crippen molar-refractivity contribution in [3.8, 4) is 0 Å². The molecule has 9 nitrogen and oxygen atoms in total. The molecule has 4 rings (SSSR count). The maximum atomic E-state index is 13.4. The lowest BCUT2D eigenvalue weighted by Crippen LogP contribution is -2.33. The van der Waals surface area contributed by atoms with Gasteiger partial charge in [-0.2, -0.15) is 0 Å². The highest BCUT2D eigenvalue weighted by molar-refractivity contribution is 5.73. The molecule has 4 N–H and O–H groups in total. The number of nitrogens with one attached hydrogen (secondary N) is 1. The Balaban J connectivity index is 1.69. The van der Waals surface area contributed by atoms with Gasteiger partial charge in [-0.05, 0) is 17.7 Å². The Morgan fingerprint density at radius 2 is 2.11 bits per heavy atom. The van der Waals surface area contributed by atoms with Crippen molar-refractivity contribution in [3.63, 3.8) is 0 Å². The molecule has 1 aromatic carbocycles. The first-order valence-electron chi connectivity index (χ1n) is 8.37. The first-order chi connectivity index (χ1) is 13.1. The van der Waals surface area contributed by atoms with E-state index in [1.165, 1.54) is 29.2 Å². The Labute approximate surface area is 153 Å². The van der Waals surface area contributed by atoms with E-state index in [-0.39, 0.29) is 12.4 Å². The summed E-state index contributed by atoms with van der Waals surface area (Å²) in [5.74, 6) is -0.0401. The van der Waals surface area contributed by atoms with Crippen molar-refractivity contribution in [2.24, 2.45) is 0 Å². The summed E-state index contributed by atoms with van der Waals surface area (Å²) in [5, 5.41) is 32.9. The molecular weight excluding hydrogens is 357 g/mol. The second-order valence-electron chi connectivity index (χ2n) is 6.25. The zero-order valence-electron chi connectivity index (χ0n) is 14.1. The number of aromatic nitrogens is 4. The minimum absolute atomic E-state index is 0.267. The summed E-state index contributed by atoms with van der Waals surface area (Å²) >= 11 is 0. The number of anilines is 1. The van der Waals surface area contributed by atoms with E-state index in [0.29, 0.717) is 22.7 Å².